The highest BCUT2D eigenvalue weighted by Crippen LogP contribution is 2.19. The van der Waals surface area contributed by atoms with Gasteiger partial charge in [0.05, 0.1) is 22.7 Å². The molecule has 2 N–H and O–H groups in total. The van der Waals surface area contributed by atoms with E-state index in [2.05, 4.69) is 26.6 Å². The lowest BCUT2D eigenvalue weighted by atomic mass is 10.1. The number of likely N-dealkylation sites (N-methyl/N-ethyl adjacent to an activating group) is 1. The van der Waals surface area contributed by atoms with Gasteiger partial charge in [0.25, 0.3) is 5.91 Å². The fraction of sp³-hybridized carbons (Fsp3) is 0.300. The van der Waals surface area contributed by atoms with E-state index in [4.69, 9.17) is 0 Å². The van der Waals surface area contributed by atoms with Crippen molar-refractivity contribution in [3.8, 4) is 0 Å². The third-order valence-electron chi connectivity index (χ3n) is 4.32. The summed E-state index contributed by atoms with van der Waals surface area (Å²) in [5, 5.41) is 5.48. The van der Waals surface area contributed by atoms with Crippen LogP contribution in [-0.4, -0.2) is 44.2 Å². The molecule has 0 saturated heterocycles. The number of sulfonamides is 1. The molecule has 0 spiro atoms. The van der Waals surface area contributed by atoms with E-state index >= 15 is 0 Å². The second-order valence-corrected chi connectivity index (χ2v) is 9.55. The van der Waals surface area contributed by atoms with Crippen molar-refractivity contribution in [3.63, 3.8) is 0 Å². The van der Waals surface area contributed by atoms with Crippen molar-refractivity contribution in [2.24, 2.45) is 0 Å². The molecule has 2 rings (SSSR count). The second-order valence-electron chi connectivity index (χ2n) is 6.59. The molecule has 7 nitrogen and oxygen atoms in total. The molecule has 0 radical (unpaired) electrons. The number of rotatable bonds is 8. The number of anilines is 1. The Morgan fingerprint density at radius 2 is 1.72 bits per heavy atom. The number of benzene rings is 2. The standard InChI is InChI=1S/C20H24BrN3O4S/c1-4-14(2)22-20(26)17-7-5-6-8-18(17)23-19(25)13-24(3)29(27,28)16-11-9-15(21)10-12-16/h5-12,14H,4,13H2,1-3H3,(H,22,26)(H,23,25). The molecule has 9 heteroatoms. The number of hydrogen-bond acceptors (Lipinski definition) is 4. The normalized spacial score (nSPS) is 12.4. The third-order valence-corrected chi connectivity index (χ3v) is 6.67. The van der Waals surface area contributed by atoms with Gasteiger partial charge in [0, 0.05) is 17.6 Å². The average Bonchev–Trinajstić information content (AvgIpc) is 2.68. The van der Waals surface area contributed by atoms with Gasteiger partial charge in [-0.3, -0.25) is 9.59 Å². The minimum atomic E-state index is -3.82. The predicted octanol–water partition coefficient (Wildman–Crippen LogP) is 3.24. The Bertz CT molecular complexity index is 977. The molecule has 1 atom stereocenters. The van der Waals surface area contributed by atoms with Crippen LogP contribution in [-0.2, 0) is 14.8 Å². The Labute approximate surface area is 179 Å². The lowest BCUT2D eigenvalue weighted by molar-refractivity contribution is -0.116. The van der Waals surface area contributed by atoms with Crippen LogP contribution in [0, 0.1) is 0 Å². The van der Waals surface area contributed by atoms with Gasteiger partial charge in [-0.1, -0.05) is 35.0 Å². The van der Waals surface area contributed by atoms with E-state index < -0.39 is 15.9 Å². The highest BCUT2D eigenvalue weighted by Gasteiger charge is 2.23. The van der Waals surface area contributed by atoms with Crippen molar-refractivity contribution in [1.29, 1.82) is 0 Å². The maximum absolute atomic E-state index is 12.6. The van der Waals surface area contributed by atoms with Crippen LogP contribution >= 0.6 is 15.9 Å². The van der Waals surface area contributed by atoms with Crippen LogP contribution < -0.4 is 10.6 Å². The van der Waals surface area contributed by atoms with Crippen molar-refractivity contribution in [1.82, 2.24) is 9.62 Å². The lowest BCUT2D eigenvalue weighted by Crippen LogP contribution is -2.36. The van der Waals surface area contributed by atoms with Crippen molar-refractivity contribution < 1.29 is 18.0 Å². The Kier molecular flexibility index (Phi) is 7.95. The van der Waals surface area contributed by atoms with Gasteiger partial charge in [-0.05, 0) is 49.7 Å². The van der Waals surface area contributed by atoms with Gasteiger partial charge < -0.3 is 10.6 Å². The first-order valence-corrected chi connectivity index (χ1v) is 11.3. The van der Waals surface area contributed by atoms with Crippen molar-refractivity contribution >= 4 is 43.5 Å². The maximum Gasteiger partial charge on any atom is 0.253 e. The quantitative estimate of drug-likeness (QED) is 0.604. The second kappa shape index (κ2) is 10.00. The summed E-state index contributed by atoms with van der Waals surface area (Å²) in [5.41, 5.74) is 0.646. The lowest BCUT2D eigenvalue weighted by Gasteiger charge is -2.18. The number of amides is 2. The van der Waals surface area contributed by atoms with Crippen LogP contribution in [0.1, 0.15) is 30.6 Å². The van der Waals surface area contributed by atoms with E-state index in [9.17, 15) is 18.0 Å². The zero-order valence-corrected chi connectivity index (χ0v) is 18.9. The summed E-state index contributed by atoms with van der Waals surface area (Å²) in [6.45, 7) is 3.46. The molecule has 29 heavy (non-hydrogen) atoms. The summed E-state index contributed by atoms with van der Waals surface area (Å²) < 4.78 is 27.0. The van der Waals surface area contributed by atoms with Gasteiger partial charge in [0.1, 0.15) is 0 Å². The Morgan fingerprint density at radius 3 is 2.34 bits per heavy atom. The zero-order chi connectivity index (χ0) is 21.6. The van der Waals surface area contributed by atoms with Crippen molar-refractivity contribution in [2.45, 2.75) is 31.2 Å². The fourth-order valence-corrected chi connectivity index (χ4v) is 3.85. The van der Waals surface area contributed by atoms with Gasteiger partial charge in [0.2, 0.25) is 15.9 Å². The number of nitrogens with zero attached hydrogens (tertiary/aromatic N) is 1. The third kappa shape index (κ3) is 6.12. The minimum absolute atomic E-state index is 0.00607. The smallest absolute Gasteiger partial charge is 0.253 e. The molecule has 0 aliphatic carbocycles. The Morgan fingerprint density at radius 1 is 1.10 bits per heavy atom. The molecule has 0 saturated carbocycles. The van der Waals surface area contributed by atoms with Crippen LogP contribution in [0.25, 0.3) is 0 Å². The molecule has 0 bridgehead atoms. The summed E-state index contributed by atoms with van der Waals surface area (Å²) >= 11 is 3.26. The largest absolute Gasteiger partial charge is 0.350 e. The Hall–Kier alpha value is -2.23. The number of carbonyl (C=O) groups is 2. The van der Waals surface area contributed by atoms with Crippen LogP contribution in [0.3, 0.4) is 0 Å². The molecule has 0 aromatic heterocycles. The molecular weight excluding hydrogens is 458 g/mol. The summed E-state index contributed by atoms with van der Waals surface area (Å²) in [7, 11) is -2.48. The summed E-state index contributed by atoms with van der Waals surface area (Å²) in [4.78, 5) is 25.0. The van der Waals surface area contributed by atoms with Crippen LogP contribution in [0.5, 0.6) is 0 Å². The van der Waals surface area contributed by atoms with E-state index in [1.54, 1.807) is 36.4 Å². The van der Waals surface area contributed by atoms with Crippen molar-refractivity contribution in [3.05, 3.63) is 58.6 Å². The average molecular weight is 482 g/mol. The molecule has 156 valence electrons. The molecule has 2 aromatic rings. The molecule has 2 amide bonds. The molecule has 0 heterocycles. The zero-order valence-electron chi connectivity index (χ0n) is 16.5. The van der Waals surface area contributed by atoms with E-state index in [1.165, 1.54) is 19.2 Å². The highest BCUT2D eigenvalue weighted by molar-refractivity contribution is 9.10. The molecular formula is C20H24BrN3O4S. The maximum atomic E-state index is 12.6. The molecule has 0 aliphatic rings. The van der Waals surface area contributed by atoms with E-state index in [0.717, 1.165) is 15.2 Å². The molecule has 0 aliphatic heterocycles. The van der Waals surface area contributed by atoms with E-state index in [-0.39, 0.29) is 23.4 Å². The number of carbonyl (C=O) groups excluding carboxylic acids is 2. The first-order valence-electron chi connectivity index (χ1n) is 9.06. The van der Waals surface area contributed by atoms with Crippen LogP contribution in [0.15, 0.2) is 57.9 Å². The summed E-state index contributed by atoms with van der Waals surface area (Å²) in [6, 6.07) is 12.8. The molecule has 0 fully saturated rings. The number of nitrogens with one attached hydrogen (secondary N) is 2. The highest BCUT2D eigenvalue weighted by atomic mass is 79.9. The van der Waals surface area contributed by atoms with Crippen molar-refractivity contribution in [2.75, 3.05) is 18.9 Å². The summed E-state index contributed by atoms with van der Waals surface area (Å²) in [6.07, 6.45) is 0.777. The topological polar surface area (TPSA) is 95.6 Å². The minimum Gasteiger partial charge on any atom is -0.350 e. The van der Waals surface area contributed by atoms with Crippen LogP contribution in [0.4, 0.5) is 5.69 Å². The van der Waals surface area contributed by atoms with Gasteiger partial charge in [-0.15, -0.1) is 0 Å². The molecule has 1 unspecified atom stereocenters. The van der Waals surface area contributed by atoms with E-state index in [1.807, 2.05) is 13.8 Å². The van der Waals surface area contributed by atoms with Gasteiger partial charge >= 0.3 is 0 Å². The number of hydrogen-bond donors (Lipinski definition) is 2. The molecule has 2 aromatic carbocycles. The first kappa shape index (κ1) is 23.1. The van der Waals surface area contributed by atoms with E-state index in [0.29, 0.717) is 11.3 Å². The first-order chi connectivity index (χ1) is 13.6. The monoisotopic (exact) mass is 481 g/mol. The fourth-order valence-electron chi connectivity index (χ4n) is 2.46. The predicted molar refractivity (Wildman–Crippen MR) is 116 cm³/mol. The van der Waals surface area contributed by atoms with Gasteiger partial charge in [-0.2, -0.15) is 4.31 Å². The SMILES string of the molecule is CCC(C)NC(=O)c1ccccc1NC(=O)CN(C)S(=O)(=O)c1ccc(Br)cc1. The van der Waals surface area contributed by atoms with Crippen LogP contribution in [0.2, 0.25) is 0 Å². The Balaban J connectivity index is 2.11. The number of para-hydroxylation sites is 1. The van der Waals surface area contributed by atoms with Gasteiger partial charge in [-0.25, -0.2) is 8.42 Å². The number of halogens is 1. The van der Waals surface area contributed by atoms with Gasteiger partial charge in [0.15, 0.2) is 0 Å². The summed E-state index contributed by atoms with van der Waals surface area (Å²) in [5.74, 6) is -0.844.